The number of hydrogen-bond donors (Lipinski definition) is 0. The number of nitrogens with zero attached hydrogens (tertiary/aromatic N) is 3. The zero-order chi connectivity index (χ0) is 4.41. The molecular weight excluding hydrogens is 78.1 g/mol. The Morgan fingerprint density at radius 2 is 2.50 bits per heavy atom. The molecule has 0 fully saturated rings. The number of rotatable bonds is 0. The van der Waals surface area contributed by atoms with Gasteiger partial charge in [-0.15, -0.1) is 10.2 Å². The van der Waals surface area contributed by atoms with E-state index in [2.05, 4.69) is 28.2 Å². The quantitative estimate of drug-likeness (QED) is 0.413. The van der Waals surface area contributed by atoms with Crippen molar-refractivity contribution in [3.05, 3.63) is 12.3 Å². The monoisotopic (exact) mass is 80.0 g/mol. The molecule has 0 saturated carbocycles. The first-order valence-electron chi connectivity index (χ1n) is 1.45. The van der Waals surface area contributed by atoms with Crippen LogP contribution in [-0.2, 0) is 0 Å². The SMILES string of the molecule is C=C1[C]=NN=N1. The van der Waals surface area contributed by atoms with Crippen LogP contribution in [0.3, 0.4) is 0 Å². The molecule has 3 heteroatoms. The Labute approximate surface area is 35.1 Å². The molecule has 0 spiro atoms. The van der Waals surface area contributed by atoms with Gasteiger partial charge in [-0.3, -0.25) is 0 Å². The maximum atomic E-state index is 3.39. The van der Waals surface area contributed by atoms with E-state index in [9.17, 15) is 0 Å². The van der Waals surface area contributed by atoms with Crippen LogP contribution in [0.2, 0.25) is 0 Å². The average Bonchev–Trinajstić information content (AvgIpc) is 1.86. The van der Waals surface area contributed by atoms with E-state index in [0.29, 0.717) is 5.70 Å². The second kappa shape index (κ2) is 1.01. The molecule has 0 aromatic carbocycles. The Morgan fingerprint density at radius 3 is 2.67 bits per heavy atom. The lowest BCUT2D eigenvalue weighted by Crippen LogP contribution is -1.62. The summed E-state index contributed by atoms with van der Waals surface area (Å²) in [5, 5.41) is 9.87. The van der Waals surface area contributed by atoms with E-state index in [-0.39, 0.29) is 0 Å². The fourth-order valence-corrected chi connectivity index (χ4v) is 0.179. The van der Waals surface area contributed by atoms with Crippen molar-refractivity contribution in [2.24, 2.45) is 15.4 Å². The molecule has 0 aromatic rings. The van der Waals surface area contributed by atoms with Crippen LogP contribution in [0, 0.1) is 0 Å². The largest absolute Gasteiger partial charge is 0.144 e. The molecule has 1 radical (unpaired) electrons. The highest BCUT2D eigenvalue weighted by Gasteiger charge is 1.87. The molecule has 0 bridgehead atoms. The summed E-state index contributed by atoms with van der Waals surface area (Å²) in [6, 6.07) is 0. The van der Waals surface area contributed by atoms with Gasteiger partial charge >= 0.3 is 0 Å². The standard InChI is InChI=1S/C3H2N3/c1-3-2-4-6-5-3/h1H2. The van der Waals surface area contributed by atoms with Crippen molar-refractivity contribution < 1.29 is 0 Å². The lowest BCUT2D eigenvalue weighted by Gasteiger charge is -1.62. The van der Waals surface area contributed by atoms with Gasteiger partial charge in [-0.25, -0.2) is 0 Å². The first-order chi connectivity index (χ1) is 2.89. The third-order valence-electron chi connectivity index (χ3n) is 0.389. The Balaban J connectivity index is 2.86. The highest BCUT2D eigenvalue weighted by atomic mass is 15.4. The number of hydrogen-bond acceptors (Lipinski definition) is 3. The predicted octanol–water partition coefficient (Wildman–Crippen LogP) is 0.829. The Kier molecular flexibility index (Phi) is 0.538. The normalized spacial score (nSPS) is 17.0. The van der Waals surface area contributed by atoms with Crippen LogP contribution in [0.15, 0.2) is 27.7 Å². The van der Waals surface area contributed by atoms with Gasteiger partial charge in [-0.2, -0.15) is 0 Å². The van der Waals surface area contributed by atoms with Crippen LogP contribution in [0.1, 0.15) is 0 Å². The smallest absolute Gasteiger partial charge is 0.129 e. The van der Waals surface area contributed by atoms with E-state index in [0.717, 1.165) is 0 Å². The lowest BCUT2D eigenvalue weighted by atomic mass is 10.6. The van der Waals surface area contributed by atoms with Crippen LogP contribution >= 0.6 is 0 Å². The summed E-state index contributed by atoms with van der Waals surface area (Å²) in [7, 11) is 0. The van der Waals surface area contributed by atoms with Crippen molar-refractivity contribution in [3.8, 4) is 0 Å². The van der Waals surface area contributed by atoms with E-state index < -0.39 is 0 Å². The van der Waals surface area contributed by atoms with Crippen LogP contribution in [0.25, 0.3) is 0 Å². The molecule has 0 saturated heterocycles. The minimum Gasteiger partial charge on any atom is -0.129 e. The van der Waals surface area contributed by atoms with Crippen LogP contribution in [0.5, 0.6) is 0 Å². The maximum Gasteiger partial charge on any atom is 0.144 e. The highest BCUT2D eigenvalue weighted by molar-refractivity contribution is 5.77. The summed E-state index contributed by atoms with van der Waals surface area (Å²) >= 11 is 0. The summed E-state index contributed by atoms with van der Waals surface area (Å²) in [6.45, 7) is 3.39. The van der Waals surface area contributed by atoms with Crippen LogP contribution < -0.4 is 0 Å². The van der Waals surface area contributed by atoms with Crippen molar-refractivity contribution in [3.63, 3.8) is 0 Å². The van der Waals surface area contributed by atoms with Gasteiger partial charge in [0.1, 0.15) is 11.9 Å². The van der Waals surface area contributed by atoms with E-state index >= 15 is 0 Å². The zero-order valence-electron chi connectivity index (χ0n) is 3.05. The molecule has 0 aromatic heterocycles. The minimum atomic E-state index is 0.495. The van der Waals surface area contributed by atoms with Crippen molar-refractivity contribution in [1.29, 1.82) is 0 Å². The minimum absolute atomic E-state index is 0.495. The summed E-state index contributed by atoms with van der Waals surface area (Å²) in [5.74, 6) is 0. The molecule has 1 aliphatic heterocycles. The molecular formula is C3H2N3. The van der Waals surface area contributed by atoms with Gasteiger partial charge in [-0.05, 0) is 5.22 Å². The molecule has 3 nitrogen and oxygen atoms in total. The summed E-state index contributed by atoms with van der Waals surface area (Å²) in [6.07, 6.45) is 2.42. The second-order valence-electron chi connectivity index (χ2n) is 0.848. The lowest BCUT2D eigenvalue weighted by molar-refractivity contribution is 1.10. The summed E-state index contributed by atoms with van der Waals surface area (Å²) in [4.78, 5) is 0. The van der Waals surface area contributed by atoms with Crippen LogP contribution in [-0.4, -0.2) is 6.21 Å². The fourth-order valence-electron chi connectivity index (χ4n) is 0.179. The van der Waals surface area contributed by atoms with Gasteiger partial charge < -0.3 is 0 Å². The first kappa shape index (κ1) is 3.21. The molecule has 6 heavy (non-hydrogen) atoms. The summed E-state index contributed by atoms with van der Waals surface area (Å²) < 4.78 is 0. The van der Waals surface area contributed by atoms with Gasteiger partial charge in [-0.1, -0.05) is 6.58 Å². The molecule has 0 atom stereocenters. The molecule has 0 unspecified atom stereocenters. The second-order valence-corrected chi connectivity index (χ2v) is 0.848. The van der Waals surface area contributed by atoms with Crippen molar-refractivity contribution in [2.75, 3.05) is 0 Å². The van der Waals surface area contributed by atoms with Gasteiger partial charge in [0.15, 0.2) is 0 Å². The molecule has 29 valence electrons. The Bertz CT molecular complexity index is 108. The van der Waals surface area contributed by atoms with Crippen molar-refractivity contribution in [2.45, 2.75) is 0 Å². The molecule has 0 aliphatic carbocycles. The van der Waals surface area contributed by atoms with E-state index in [1.807, 2.05) is 0 Å². The van der Waals surface area contributed by atoms with Gasteiger partial charge in [0.2, 0.25) is 0 Å². The highest BCUT2D eigenvalue weighted by Crippen LogP contribution is 1.95. The molecule has 1 rings (SSSR count). The zero-order valence-corrected chi connectivity index (χ0v) is 3.05. The predicted molar refractivity (Wildman–Crippen MR) is 21.4 cm³/mol. The van der Waals surface area contributed by atoms with Gasteiger partial charge in [0, 0.05) is 0 Å². The van der Waals surface area contributed by atoms with E-state index in [4.69, 9.17) is 0 Å². The van der Waals surface area contributed by atoms with E-state index in [1.165, 1.54) is 0 Å². The molecule has 1 heterocycles. The third-order valence-corrected chi connectivity index (χ3v) is 0.389. The Morgan fingerprint density at radius 1 is 1.67 bits per heavy atom. The topological polar surface area (TPSA) is 37.1 Å². The third kappa shape index (κ3) is 0.337. The van der Waals surface area contributed by atoms with Crippen molar-refractivity contribution in [1.82, 2.24) is 0 Å². The average molecular weight is 80.1 g/mol. The van der Waals surface area contributed by atoms with Crippen LogP contribution in [0.4, 0.5) is 0 Å². The Hall–Kier alpha value is -0.990. The molecule has 1 aliphatic rings. The fraction of sp³-hybridized carbons (Fsp3) is 0. The summed E-state index contributed by atoms with van der Waals surface area (Å²) in [5.41, 5.74) is 0.495. The molecule has 0 N–H and O–H groups in total. The maximum absolute atomic E-state index is 3.39. The first-order valence-corrected chi connectivity index (χ1v) is 1.45. The molecule has 0 amide bonds. The van der Waals surface area contributed by atoms with E-state index in [1.54, 1.807) is 0 Å². The van der Waals surface area contributed by atoms with Gasteiger partial charge in [0.25, 0.3) is 0 Å². The van der Waals surface area contributed by atoms with Gasteiger partial charge in [0.05, 0.1) is 0 Å². The van der Waals surface area contributed by atoms with Crippen molar-refractivity contribution >= 4 is 6.21 Å². The number of allylic oxidation sites excluding steroid dienone is 1.